The second kappa shape index (κ2) is 6.36. The molecule has 0 N–H and O–H groups in total. The van der Waals surface area contributed by atoms with Gasteiger partial charge in [-0.25, -0.2) is 0 Å². The third-order valence-corrected chi connectivity index (χ3v) is 8.68. The number of allylic oxidation sites excluding steroid dienone is 2. The zero-order chi connectivity index (χ0) is 17.7. The molecule has 0 saturated heterocycles. The molecule has 1 aromatic carbocycles. The summed E-state index contributed by atoms with van der Waals surface area (Å²) in [7, 11) is 0. The van der Waals surface area contributed by atoms with Gasteiger partial charge in [-0.15, -0.1) is 0 Å². The van der Waals surface area contributed by atoms with Gasteiger partial charge < -0.3 is 0 Å². The summed E-state index contributed by atoms with van der Waals surface area (Å²) in [6.45, 7) is 2.57. The summed E-state index contributed by atoms with van der Waals surface area (Å²) in [6.07, 6.45) is 16.0. The Hall–Kier alpha value is -1.37. The van der Waals surface area contributed by atoms with Gasteiger partial charge in [-0.05, 0) is 91.9 Å². The Labute approximate surface area is 158 Å². The van der Waals surface area contributed by atoms with E-state index in [4.69, 9.17) is 0 Å². The van der Waals surface area contributed by atoms with Gasteiger partial charge in [-0.3, -0.25) is 4.79 Å². The molecule has 0 amide bonds. The zero-order valence-corrected chi connectivity index (χ0v) is 16.1. The lowest BCUT2D eigenvalue weighted by atomic mass is 9.48. The zero-order valence-electron chi connectivity index (χ0n) is 16.1. The molecule has 0 bridgehead atoms. The fourth-order valence-electron chi connectivity index (χ4n) is 7.72. The van der Waals surface area contributed by atoms with Crippen LogP contribution in [0.2, 0.25) is 0 Å². The second-order valence-electron chi connectivity index (χ2n) is 9.81. The molecule has 0 heterocycles. The molecule has 3 fully saturated rings. The highest BCUT2D eigenvalue weighted by molar-refractivity contribution is 5.77. The minimum atomic E-state index is 0.498. The summed E-state index contributed by atoms with van der Waals surface area (Å²) in [6, 6.07) is 8.49. The van der Waals surface area contributed by atoms with Crippen LogP contribution in [0.1, 0.15) is 86.6 Å². The highest BCUT2D eigenvalue weighted by Gasteiger charge is 2.56. The lowest BCUT2D eigenvalue weighted by molar-refractivity contribution is -0.0189. The molecule has 5 rings (SSSR count). The molecule has 0 aromatic heterocycles. The second-order valence-corrected chi connectivity index (χ2v) is 9.81. The molecule has 138 valence electrons. The van der Waals surface area contributed by atoms with E-state index in [9.17, 15) is 4.79 Å². The van der Waals surface area contributed by atoms with E-state index in [-0.39, 0.29) is 0 Å². The van der Waals surface area contributed by atoms with Crippen molar-refractivity contribution in [2.75, 3.05) is 0 Å². The molecule has 1 aromatic rings. The third kappa shape index (κ3) is 2.46. The number of carbonyl (C=O) groups is 1. The molecule has 6 atom stereocenters. The summed E-state index contributed by atoms with van der Waals surface area (Å²) < 4.78 is 0. The van der Waals surface area contributed by atoms with Gasteiger partial charge in [0, 0.05) is 5.56 Å². The van der Waals surface area contributed by atoms with Gasteiger partial charge in [0.1, 0.15) is 6.29 Å². The van der Waals surface area contributed by atoms with Crippen LogP contribution in [-0.4, -0.2) is 6.29 Å². The van der Waals surface area contributed by atoms with Crippen molar-refractivity contribution in [3.05, 3.63) is 47.0 Å². The molecule has 4 aliphatic rings. The predicted molar refractivity (Wildman–Crippen MR) is 106 cm³/mol. The van der Waals surface area contributed by atoms with Crippen LogP contribution in [-0.2, 0) is 0 Å². The quantitative estimate of drug-likeness (QED) is 0.438. The molecule has 0 spiro atoms. The smallest absolute Gasteiger partial charge is 0.150 e. The molecule has 26 heavy (non-hydrogen) atoms. The van der Waals surface area contributed by atoms with Gasteiger partial charge in [-0.1, -0.05) is 49.3 Å². The number of carbonyl (C=O) groups excluding carboxylic acids is 1. The van der Waals surface area contributed by atoms with Gasteiger partial charge in [0.25, 0.3) is 0 Å². The maximum atomic E-state index is 11.8. The Balaban J connectivity index is 1.62. The van der Waals surface area contributed by atoms with E-state index in [0.29, 0.717) is 11.3 Å². The number of fused-ring (bicyclic) bond motifs is 5. The van der Waals surface area contributed by atoms with Crippen molar-refractivity contribution in [3.8, 4) is 0 Å². The molecule has 0 radical (unpaired) electrons. The largest absolute Gasteiger partial charge is 0.298 e. The SMILES string of the molecule is C[C@@]12CCC[C@H]1[C@@H]1CCC3=CCCC[C@@H]3[C@H]1[C@@H](c1ccccc1C=O)C2. The van der Waals surface area contributed by atoms with Gasteiger partial charge in [0.15, 0.2) is 0 Å². The standard InChI is InChI=1S/C25H32O/c1-25-14-6-11-23(25)21-13-12-17-7-2-5-10-20(17)24(21)22(15-25)19-9-4-3-8-18(19)16-26/h3-4,7-9,16,20-24H,2,5-6,10-15H2,1H3/t20-,21-,22+,23-,24+,25-/m0/s1. The highest BCUT2D eigenvalue weighted by Crippen LogP contribution is 2.65. The molecule has 1 heteroatoms. The van der Waals surface area contributed by atoms with Crippen LogP contribution in [0.3, 0.4) is 0 Å². The monoisotopic (exact) mass is 348 g/mol. The van der Waals surface area contributed by atoms with Gasteiger partial charge >= 0.3 is 0 Å². The first-order valence-electron chi connectivity index (χ1n) is 10.9. The van der Waals surface area contributed by atoms with Crippen molar-refractivity contribution < 1.29 is 4.79 Å². The summed E-state index contributed by atoms with van der Waals surface area (Å²) in [5.74, 6) is 3.94. The lowest BCUT2D eigenvalue weighted by Crippen LogP contribution is -2.48. The van der Waals surface area contributed by atoms with Gasteiger partial charge in [-0.2, -0.15) is 0 Å². The van der Waals surface area contributed by atoms with Crippen molar-refractivity contribution in [2.24, 2.45) is 29.1 Å². The minimum Gasteiger partial charge on any atom is -0.298 e. The van der Waals surface area contributed by atoms with Crippen LogP contribution in [0.15, 0.2) is 35.9 Å². The van der Waals surface area contributed by atoms with E-state index in [0.717, 1.165) is 35.5 Å². The Kier molecular flexibility index (Phi) is 4.10. The number of hydrogen-bond acceptors (Lipinski definition) is 1. The molecule has 0 aliphatic heterocycles. The molecular weight excluding hydrogens is 316 g/mol. The summed E-state index contributed by atoms with van der Waals surface area (Å²) >= 11 is 0. The third-order valence-electron chi connectivity index (χ3n) is 8.68. The topological polar surface area (TPSA) is 17.1 Å². The molecular formula is C25H32O. The van der Waals surface area contributed by atoms with Crippen LogP contribution < -0.4 is 0 Å². The van der Waals surface area contributed by atoms with Crippen LogP contribution in [0.5, 0.6) is 0 Å². The maximum Gasteiger partial charge on any atom is 0.150 e. The number of rotatable bonds is 2. The Bertz CT molecular complexity index is 731. The number of aldehydes is 1. The van der Waals surface area contributed by atoms with Crippen LogP contribution >= 0.6 is 0 Å². The van der Waals surface area contributed by atoms with E-state index < -0.39 is 0 Å². The van der Waals surface area contributed by atoms with Crippen LogP contribution in [0.25, 0.3) is 0 Å². The van der Waals surface area contributed by atoms with Crippen LogP contribution in [0.4, 0.5) is 0 Å². The van der Waals surface area contributed by atoms with E-state index in [1.165, 1.54) is 63.4 Å². The van der Waals surface area contributed by atoms with Gasteiger partial charge in [0.2, 0.25) is 0 Å². The summed E-state index contributed by atoms with van der Waals surface area (Å²) in [5, 5.41) is 0. The first-order valence-corrected chi connectivity index (χ1v) is 10.9. The normalized spacial score (nSPS) is 41.6. The van der Waals surface area contributed by atoms with Crippen LogP contribution in [0, 0.1) is 29.1 Å². The van der Waals surface area contributed by atoms with Crippen molar-refractivity contribution in [3.63, 3.8) is 0 Å². The fourth-order valence-corrected chi connectivity index (χ4v) is 7.72. The van der Waals surface area contributed by atoms with E-state index in [1.54, 1.807) is 5.57 Å². The predicted octanol–water partition coefficient (Wildman–Crippen LogP) is 6.55. The Morgan fingerprint density at radius 1 is 1.08 bits per heavy atom. The van der Waals surface area contributed by atoms with Crippen molar-refractivity contribution in [1.82, 2.24) is 0 Å². The number of benzene rings is 1. The fraction of sp³-hybridized carbons (Fsp3) is 0.640. The van der Waals surface area contributed by atoms with E-state index in [1.807, 2.05) is 12.1 Å². The lowest BCUT2D eigenvalue weighted by Gasteiger charge is -2.56. The summed E-state index contributed by atoms with van der Waals surface area (Å²) in [5.41, 5.74) is 4.57. The Morgan fingerprint density at radius 3 is 2.85 bits per heavy atom. The first kappa shape index (κ1) is 16.8. The Morgan fingerprint density at radius 2 is 1.96 bits per heavy atom. The van der Waals surface area contributed by atoms with E-state index in [2.05, 4.69) is 25.1 Å². The van der Waals surface area contributed by atoms with E-state index >= 15 is 0 Å². The highest BCUT2D eigenvalue weighted by atomic mass is 16.1. The molecule has 0 unspecified atom stereocenters. The van der Waals surface area contributed by atoms with Crippen molar-refractivity contribution in [1.29, 1.82) is 0 Å². The first-order chi connectivity index (χ1) is 12.7. The van der Waals surface area contributed by atoms with Crippen molar-refractivity contribution in [2.45, 2.75) is 70.6 Å². The van der Waals surface area contributed by atoms with Gasteiger partial charge in [0.05, 0.1) is 0 Å². The average molecular weight is 349 g/mol. The maximum absolute atomic E-state index is 11.8. The van der Waals surface area contributed by atoms with Crippen molar-refractivity contribution >= 4 is 6.29 Å². The minimum absolute atomic E-state index is 0.498. The molecule has 4 aliphatic carbocycles. The molecule has 1 nitrogen and oxygen atoms in total. The summed E-state index contributed by atoms with van der Waals surface area (Å²) in [4.78, 5) is 11.8. The number of hydrogen-bond donors (Lipinski definition) is 0. The average Bonchev–Trinajstić information content (AvgIpc) is 3.08. The molecule has 3 saturated carbocycles.